The molecule has 0 bridgehead atoms. The molecule has 0 N–H and O–H groups in total. The van der Waals surface area contributed by atoms with Crippen molar-refractivity contribution in [2.24, 2.45) is 5.92 Å². The molecule has 1 nitrogen and oxygen atoms in total. The van der Waals surface area contributed by atoms with Crippen LogP contribution in [0.2, 0.25) is 0 Å². The van der Waals surface area contributed by atoms with E-state index in [1.807, 2.05) is 0 Å². The van der Waals surface area contributed by atoms with E-state index < -0.39 is 40.7 Å². The van der Waals surface area contributed by atoms with E-state index in [1.165, 1.54) is 12.1 Å². The highest BCUT2D eigenvalue weighted by molar-refractivity contribution is 5.66. The molecule has 0 aliphatic heterocycles. The van der Waals surface area contributed by atoms with Crippen LogP contribution in [0.25, 0.3) is 11.1 Å². The highest BCUT2D eigenvalue weighted by atomic mass is 19.3. The molecule has 3 rings (SSSR count). The Hall–Kier alpha value is -2.44. The van der Waals surface area contributed by atoms with E-state index in [1.54, 1.807) is 0 Å². The van der Waals surface area contributed by atoms with Crippen molar-refractivity contribution in [1.82, 2.24) is 0 Å². The summed E-state index contributed by atoms with van der Waals surface area (Å²) in [5.74, 6) is -4.94. The molecule has 0 aromatic heterocycles. The summed E-state index contributed by atoms with van der Waals surface area (Å²) in [6, 6.07) is 3.73. The first-order valence-corrected chi connectivity index (χ1v) is 9.96. The third-order valence-corrected chi connectivity index (χ3v) is 5.63. The van der Waals surface area contributed by atoms with Crippen LogP contribution in [0.4, 0.5) is 26.3 Å². The van der Waals surface area contributed by atoms with Crippen LogP contribution in [-0.4, -0.2) is 0 Å². The molecule has 0 unspecified atom stereocenters. The topological polar surface area (TPSA) is 9.23 Å². The molecule has 0 heterocycles. The third kappa shape index (κ3) is 4.99. The van der Waals surface area contributed by atoms with Gasteiger partial charge in [0.05, 0.1) is 5.56 Å². The van der Waals surface area contributed by atoms with Crippen LogP contribution < -0.4 is 4.74 Å². The molecular weight excluding hydrogens is 406 g/mol. The van der Waals surface area contributed by atoms with Gasteiger partial charge in [-0.05, 0) is 72.9 Å². The van der Waals surface area contributed by atoms with Crippen molar-refractivity contribution >= 4 is 0 Å². The predicted octanol–water partition coefficient (Wildman–Crippen LogP) is 8.10. The second-order valence-corrected chi connectivity index (χ2v) is 7.66. The Bertz CT molecular complexity index is 881. The number of halogens is 6. The first kappa shape index (κ1) is 22.2. The number of benzene rings is 2. The Labute approximate surface area is 171 Å². The van der Waals surface area contributed by atoms with E-state index in [-0.39, 0.29) is 17.7 Å². The Kier molecular flexibility index (Phi) is 7.10. The van der Waals surface area contributed by atoms with Gasteiger partial charge in [0.25, 0.3) is 0 Å². The molecule has 1 aliphatic carbocycles. The quantitative estimate of drug-likeness (QED) is 0.334. The Balaban J connectivity index is 1.87. The van der Waals surface area contributed by atoms with Gasteiger partial charge in [-0.3, -0.25) is 0 Å². The largest absolute Gasteiger partial charge is 0.453 e. The average Bonchev–Trinajstić information content (AvgIpc) is 2.67. The average molecular weight is 428 g/mol. The fourth-order valence-corrected chi connectivity index (χ4v) is 4.22. The van der Waals surface area contributed by atoms with E-state index >= 15 is 0 Å². The summed E-state index contributed by atoms with van der Waals surface area (Å²) in [5.41, 5.74) is -0.418. The highest BCUT2D eigenvalue weighted by Gasteiger charge is 2.25. The zero-order valence-electron chi connectivity index (χ0n) is 16.5. The lowest BCUT2D eigenvalue weighted by atomic mass is 9.77. The summed E-state index contributed by atoms with van der Waals surface area (Å²) in [7, 11) is 0. The van der Waals surface area contributed by atoms with E-state index in [2.05, 4.69) is 11.7 Å². The normalized spacial score (nSPS) is 18.9. The lowest BCUT2D eigenvalue weighted by Crippen LogP contribution is -2.13. The van der Waals surface area contributed by atoms with Crippen molar-refractivity contribution in [3.05, 3.63) is 65.4 Å². The zero-order chi connectivity index (χ0) is 21.8. The summed E-state index contributed by atoms with van der Waals surface area (Å²) in [5, 5.41) is 0. The Morgan fingerprint density at radius 3 is 1.97 bits per heavy atom. The van der Waals surface area contributed by atoms with Crippen molar-refractivity contribution in [3.63, 3.8) is 0 Å². The van der Waals surface area contributed by atoms with Crippen LogP contribution >= 0.6 is 0 Å². The van der Waals surface area contributed by atoms with Gasteiger partial charge in [0.1, 0.15) is 11.6 Å². The fourth-order valence-electron chi connectivity index (χ4n) is 4.22. The second-order valence-electron chi connectivity index (χ2n) is 7.66. The molecule has 7 heteroatoms. The smallest absolute Gasteiger partial charge is 0.305 e. The van der Waals surface area contributed by atoms with Crippen LogP contribution in [0.1, 0.15) is 56.9 Å². The molecule has 0 amide bonds. The molecular formula is C23H22F6O. The molecule has 0 spiro atoms. The number of hydrogen-bond donors (Lipinski definition) is 0. The molecule has 1 saturated carbocycles. The minimum atomic E-state index is -2.28. The summed E-state index contributed by atoms with van der Waals surface area (Å²) in [6.45, 7) is 2.13. The van der Waals surface area contributed by atoms with E-state index in [0.29, 0.717) is 23.6 Å². The third-order valence-electron chi connectivity index (χ3n) is 5.63. The van der Waals surface area contributed by atoms with Gasteiger partial charge >= 0.3 is 6.08 Å². The minimum absolute atomic E-state index is 0.0442. The number of ether oxygens (including phenoxy) is 1. The van der Waals surface area contributed by atoms with E-state index in [0.717, 1.165) is 38.5 Å². The fraction of sp³-hybridized carbons (Fsp3) is 0.391. The van der Waals surface area contributed by atoms with Gasteiger partial charge in [-0.25, -0.2) is 17.6 Å². The van der Waals surface area contributed by atoms with Gasteiger partial charge < -0.3 is 4.74 Å². The summed E-state index contributed by atoms with van der Waals surface area (Å²) >= 11 is 0. The van der Waals surface area contributed by atoms with Crippen molar-refractivity contribution in [2.45, 2.75) is 51.4 Å². The monoisotopic (exact) mass is 428 g/mol. The molecule has 2 aromatic rings. The summed E-state index contributed by atoms with van der Waals surface area (Å²) in [4.78, 5) is 0. The van der Waals surface area contributed by atoms with Crippen molar-refractivity contribution in [3.8, 4) is 16.9 Å². The molecule has 162 valence electrons. The van der Waals surface area contributed by atoms with Gasteiger partial charge in [-0.15, -0.1) is 0 Å². The minimum Gasteiger partial charge on any atom is -0.453 e. The Morgan fingerprint density at radius 1 is 0.900 bits per heavy atom. The molecule has 1 aliphatic rings. The van der Waals surface area contributed by atoms with Crippen LogP contribution in [0, 0.1) is 29.2 Å². The standard InChI is InChI=1S/C23H22F6O/c1-2-3-13-4-6-14(7-5-13)15-8-17(24)22(18(25)9-15)16-10-19(26)23(20(27)11-16)30-12-21(28)29/h8-14H,2-7H2,1H3/t13-,14-. The van der Waals surface area contributed by atoms with E-state index in [4.69, 9.17) is 0 Å². The van der Waals surface area contributed by atoms with Crippen LogP contribution in [-0.2, 0) is 0 Å². The van der Waals surface area contributed by atoms with Crippen molar-refractivity contribution < 1.29 is 31.1 Å². The number of hydrogen-bond acceptors (Lipinski definition) is 1. The maximum absolute atomic E-state index is 14.7. The van der Waals surface area contributed by atoms with Gasteiger partial charge in [0, 0.05) is 0 Å². The lowest BCUT2D eigenvalue weighted by Gasteiger charge is -2.29. The van der Waals surface area contributed by atoms with Gasteiger partial charge in [0.15, 0.2) is 23.6 Å². The summed E-state index contributed by atoms with van der Waals surface area (Å²) in [6.07, 6.45) is 3.57. The molecule has 0 radical (unpaired) electrons. The second kappa shape index (κ2) is 9.58. The molecule has 0 atom stereocenters. The first-order chi connectivity index (χ1) is 14.3. The molecule has 0 saturated heterocycles. The molecule has 1 fully saturated rings. The SMILES string of the molecule is CCC[C@H]1CC[C@H](c2cc(F)c(-c3cc(F)c(OC=C(F)F)c(F)c3)c(F)c2)CC1. The van der Waals surface area contributed by atoms with Gasteiger partial charge in [-0.1, -0.05) is 19.8 Å². The molecule has 30 heavy (non-hydrogen) atoms. The number of rotatable bonds is 6. The predicted molar refractivity (Wildman–Crippen MR) is 102 cm³/mol. The first-order valence-electron chi connectivity index (χ1n) is 9.96. The van der Waals surface area contributed by atoms with Crippen LogP contribution in [0.5, 0.6) is 5.75 Å². The van der Waals surface area contributed by atoms with Gasteiger partial charge in [0.2, 0.25) is 0 Å². The lowest BCUT2D eigenvalue weighted by molar-refractivity contribution is 0.307. The maximum Gasteiger partial charge on any atom is 0.305 e. The highest BCUT2D eigenvalue weighted by Crippen LogP contribution is 2.40. The van der Waals surface area contributed by atoms with Crippen LogP contribution in [0.15, 0.2) is 36.6 Å². The van der Waals surface area contributed by atoms with Crippen molar-refractivity contribution in [2.75, 3.05) is 0 Å². The zero-order valence-corrected chi connectivity index (χ0v) is 16.5. The van der Waals surface area contributed by atoms with Crippen LogP contribution in [0.3, 0.4) is 0 Å². The maximum atomic E-state index is 14.7. The summed E-state index contributed by atoms with van der Waals surface area (Å²) < 4.78 is 86.1. The molecule has 2 aromatic carbocycles. The Morgan fingerprint density at radius 2 is 1.47 bits per heavy atom. The van der Waals surface area contributed by atoms with E-state index in [9.17, 15) is 26.3 Å². The van der Waals surface area contributed by atoms with Crippen molar-refractivity contribution in [1.29, 1.82) is 0 Å². The van der Waals surface area contributed by atoms with Gasteiger partial charge in [-0.2, -0.15) is 8.78 Å².